The van der Waals surface area contributed by atoms with Crippen molar-refractivity contribution in [3.63, 3.8) is 0 Å². The van der Waals surface area contributed by atoms with Gasteiger partial charge in [-0.25, -0.2) is 0 Å². The number of nitrogens with one attached hydrogen (secondary N) is 1. The maximum Gasteiger partial charge on any atom is 0.324 e. The normalized spacial score (nSPS) is 27.8. The van der Waals surface area contributed by atoms with Gasteiger partial charge in [-0.15, -0.1) is 0 Å². The van der Waals surface area contributed by atoms with Crippen molar-refractivity contribution in [3.05, 3.63) is 35.9 Å². The first-order valence-corrected chi connectivity index (χ1v) is 7.11. The van der Waals surface area contributed by atoms with E-state index in [1.807, 2.05) is 30.3 Å². The molecule has 0 aromatic heterocycles. The molecule has 0 saturated carbocycles. The van der Waals surface area contributed by atoms with Crippen molar-refractivity contribution in [3.8, 4) is 0 Å². The molecule has 1 aromatic rings. The highest BCUT2D eigenvalue weighted by molar-refractivity contribution is 7.99. The second-order valence-electron chi connectivity index (χ2n) is 4.19. The summed E-state index contributed by atoms with van der Waals surface area (Å²) in [6.45, 7) is 2.13. The zero-order chi connectivity index (χ0) is 13.0. The number of aliphatic hydroxyl groups is 1. The summed E-state index contributed by atoms with van der Waals surface area (Å²) in [4.78, 5) is 11.7. The van der Waals surface area contributed by atoms with Crippen LogP contribution in [0.25, 0.3) is 0 Å². The number of hydrogen-bond donors (Lipinski definition) is 2. The van der Waals surface area contributed by atoms with Gasteiger partial charge < -0.3 is 9.84 Å². The Bertz CT molecular complexity index is 412. The summed E-state index contributed by atoms with van der Waals surface area (Å²) in [7, 11) is 0. The molecule has 0 bridgehead atoms. The molecule has 1 aromatic carbocycles. The van der Waals surface area contributed by atoms with Gasteiger partial charge in [-0.05, 0) is 12.5 Å². The number of carbonyl (C=O) groups excluding carboxylic acids is 1. The molecule has 1 aliphatic heterocycles. The summed E-state index contributed by atoms with van der Waals surface area (Å²) in [5, 5.41) is 13.6. The summed E-state index contributed by atoms with van der Waals surface area (Å²) in [5.41, 5.74) is -0.395. The number of rotatable bonds is 3. The summed E-state index contributed by atoms with van der Waals surface area (Å²) in [5.74, 6) is 0.833. The van der Waals surface area contributed by atoms with E-state index in [0.29, 0.717) is 18.1 Å². The average molecular weight is 267 g/mol. The van der Waals surface area contributed by atoms with E-state index < -0.39 is 11.8 Å². The van der Waals surface area contributed by atoms with E-state index in [1.54, 1.807) is 18.7 Å². The average Bonchev–Trinajstić information content (AvgIpc) is 2.40. The minimum Gasteiger partial charge on any atom is -0.465 e. The molecule has 18 heavy (non-hydrogen) atoms. The molecule has 1 heterocycles. The van der Waals surface area contributed by atoms with Gasteiger partial charge in [0.15, 0.2) is 5.72 Å². The fraction of sp³-hybridized carbons (Fsp3) is 0.462. The molecule has 1 fully saturated rings. The zero-order valence-electron chi connectivity index (χ0n) is 10.3. The highest BCUT2D eigenvalue weighted by atomic mass is 32.2. The predicted molar refractivity (Wildman–Crippen MR) is 71.2 cm³/mol. The monoisotopic (exact) mass is 267 g/mol. The van der Waals surface area contributed by atoms with Crippen LogP contribution in [0.15, 0.2) is 30.3 Å². The molecule has 2 unspecified atom stereocenters. The van der Waals surface area contributed by atoms with Crippen molar-refractivity contribution < 1.29 is 14.6 Å². The Labute approximate surface area is 111 Å². The van der Waals surface area contributed by atoms with Crippen LogP contribution in [0.2, 0.25) is 0 Å². The van der Waals surface area contributed by atoms with Crippen LogP contribution in [0.3, 0.4) is 0 Å². The number of hydrogen-bond acceptors (Lipinski definition) is 5. The highest BCUT2D eigenvalue weighted by Crippen LogP contribution is 2.28. The molecule has 4 nitrogen and oxygen atoms in total. The topological polar surface area (TPSA) is 58.6 Å². The molecule has 0 amide bonds. The van der Waals surface area contributed by atoms with Crippen LogP contribution in [-0.4, -0.2) is 35.2 Å². The predicted octanol–water partition coefficient (Wildman–Crippen LogP) is 1.10. The molecule has 2 atom stereocenters. The SMILES string of the molecule is CCOC(=O)C1CSCC(O)(c2ccccc2)N1. The molecule has 2 rings (SSSR count). The van der Waals surface area contributed by atoms with Gasteiger partial charge in [0.1, 0.15) is 6.04 Å². The van der Waals surface area contributed by atoms with Crippen LogP contribution in [0.5, 0.6) is 0 Å². The van der Waals surface area contributed by atoms with Crippen molar-refractivity contribution in [2.45, 2.75) is 18.7 Å². The Morgan fingerprint density at radius 2 is 2.28 bits per heavy atom. The third kappa shape index (κ3) is 2.85. The summed E-state index contributed by atoms with van der Waals surface area (Å²) in [6, 6.07) is 8.86. The van der Waals surface area contributed by atoms with Gasteiger partial charge in [0.05, 0.1) is 6.61 Å². The van der Waals surface area contributed by atoms with Gasteiger partial charge >= 0.3 is 5.97 Å². The van der Waals surface area contributed by atoms with E-state index >= 15 is 0 Å². The van der Waals surface area contributed by atoms with Gasteiger partial charge in [-0.3, -0.25) is 10.1 Å². The molecule has 98 valence electrons. The summed E-state index contributed by atoms with van der Waals surface area (Å²) in [6.07, 6.45) is 0. The summed E-state index contributed by atoms with van der Waals surface area (Å²) < 4.78 is 4.98. The second kappa shape index (κ2) is 5.73. The maximum atomic E-state index is 11.7. The Hall–Kier alpha value is -1.04. The van der Waals surface area contributed by atoms with Gasteiger partial charge in [-0.1, -0.05) is 30.3 Å². The molecule has 0 aliphatic carbocycles. The highest BCUT2D eigenvalue weighted by Gasteiger charge is 2.38. The zero-order valence-corrected chi connectivity index (χ0v) is 11.1. The van der Waals surface area contributed by atoms with Crippen LogP contribution in [-0.2, 0) is 15.3 Å². The Morgan fingerprint density at radius 3 is 2.94 bits per heavy atom. The number of carbonyl (C=O) groups is 1. The minimum atomic E-state index is -1.17. The lowest BCUT2D eigenvalue weighted by Gasteiger charge is -2.37. The fourth-order valence-electron chi connectivity index (χ4n) is 1.95. The van der Waals surface area contributed by atoms with E-state index in [-0.39, 0.29) is 5.97 Å². The largest absolute Gasteiger partial charge is 0.465 e. The van der Waals surface area contributed by atoms with E-state index in [9.17, 15) is 9.90 Å². The fourth-order valence-corrected chi connectivity index (χ4v) is 3.06. The van der Waals surface area contributed by atoms with Crippen molar-refractivity contribution in [2.24, 2.45) is 0 Å². The molecule has 2 N–H and O–H groups in total. The van der Waals surface area contributed by atoms with Gasteiger partial charge in [0.2, 0.25) is 0 Å². The third-order valence-corrected chi connectivity index (χ3v) is 4.02. The van der Waals surface area contributed by atoms with E-state index in [0.717, 1.165) is 5.56 Å². The first-order chi connectivity index (χ1) is 8.65. The number of thioether (sulfide) groups is 1. The van der Waals surface area contributed by atoms with E-state index in [4.69, 9.17) is 4.74 Å². The first kappa shape index (κ1) is 13.4. The van der Waals surface area contributed by atoms with Crippen LogP contribution in [0.1, 0.15) is 12.5 Å². The number of esters is 1. The standard InChI is InChI=1S/C13H17NO3S/c1-2-17-12(15)11-8-18-9-13(16,14-11)10-6-4-3-5-7-10/h3-7,11,14,16H,2,8-9H2,1H3. The van der Waals surface area contributed by atoms with Crippen LogP contribution in [0.4, 0.5) is 0 Å². The molecule has 1 aliphatic rings. The smallest absolute Gasteiger partial charge is 0.324 e. The van der Waals surface area contributed by atoms with Gasteiger partial charge in [0, 0.05) is 11.5 Å². The van der Waals surface area contributed by atoms with Gasteiger partial charge in [0.25, 0.3) is 0 Å². The summed E-state index contributed by atoms with van der Waals surface area (Å²) >= 11 is 1.55. The molecule has 0 spiro atoms. The number of ether oxygens (including phenoxy) is 1. The minimum absolute atomic E-state index is 0.306. The molecule has 1 saturated heterocycles. The van der Waals surface area contributed by atoms with Crippen LogP contribution >= 0.6 is 11.8 Å². The van der Waals surface area contributed by atoms with Crippen molar-refractivity contribution >= 4 is 17.7 Å². The lowest BCUT2D eigenvalue weighted by Crippen LogP contribution is -2.57. The van der Waals surface area contributed by atoms with Crippen molar-refractivity contribution in [1.82, 2.24) is 5.32 Å². The van der Waals surface area contributed by atoms with Crippen LogP contribution in [0, 0.1) is 0 Å². The van der Waals surface area contributed by atoms with Gasteiger partial charge in [-0.2, -0.15) is 11.8 Å². The van der Waals surface area contributed by atoms with Crippen LogP contribution < -0.4 is 5.32 Å². The van der Waals surface area contributed by atoms with E-state index in [2.05, 4.69) is 5.32 Å². The quantitative estimate of drug-likeness (QED) is 0.803. The molecule has 0 radical (unpaired) electrons. The Morgan fingerprint density at radius 1 is 1.56 bits per heavy atom. The number of benzene rings is 1. The third-order valence-electron chi connectivity index (χ3n) is 2.83. The second-order valence-corrected chi connectivity index (χ2v) is 5.22. The van der Waals surface area contributed by atoms with Crippen molar-refractivity contribution in [1.29, 1.82) is 0 Å². The first-order valence-electron chi connectivity index (χ1n) is 5.95. The van der Waals surface area contributed by atoms with Crippen molar-refractivity contribution in [2.75, 3.05) is 18.1 Å². The maximum absolute atomic E-state index is 11.7. The Balaban J connectivity index is 2.12. The molecular formula is C13H17NO3S. The molecular weight excluding hydrogens is 250 g/mol. The molecule has 5 heteroatoms. The van der Waals surface area contributed by atoms with E-state index in [1.165, 1.54) is 0 Å². The Kier molecular flexibility index (Phi) is 4.27. The lowest BCUT2D eigenvalue weighted by atomic mass is 10.0. The lowest BCUT2D eigenvalue weighted by molar-refractivity contribution is -0.147.